The van der Waals surface area contributed by atoms with E-state index in [1.165, 1.54) is 0 Å². The molecule has 3 N–H and O–H groups in total. The Morgan fingerprint density at radius 1 is 1.05 bits per heavy atom. The van der Waals surface area contributed by atoms with Crippen LogP contribution in [0.3, 0.4) is 0 Å². The number of nitrogens with two attached hydrogens (primary N) is 1. The summed E-state index contributed by atoms with van der Waals surface area (Å²) in [6.07, 6.45) is -9.99. The molecule has 0 fully saturated rings. The highest BCUT2D eigenvalue weighted by Gasteiger charge is 2.37. The van der Waals surface area contributed by atoms with Crippen molar-refractivity contribution in [3.05, 3.63) is 34.9 Å². The summed E-state index contributed by atoms with van der Waals surface area (Å²) in [5.74, 6) is 0. The van der Waals surface area contributed by atoms with Crippen molar-refractivity contribution < 1.29 is 31.4 Å². The Hall–Kier alpha value is -0.990. The molecule has 1 unspecified atom stereocenters. The van der Waals surface area contributed by atoms with Crippen molar-refractivity contribution in [2.45, 2.75) is 24.8 Å². The van der Waals surface area contributed by atoms with Crippen molar-refractivity contribution in [2.24, 2.45) is 5.73 Å². The van der Waals surface area contributed by atoms with Crippen LogP contribution < -0.4 is 5.73 Å². The van der Waals surface area contributed by atoms with Crippen LogP contribution in [0.15, 0.2) is 18.2 Å². The lowest BCUT2D eigenvalue weighted by atomic mass is 9.97. The smallest absolute Gasteiger partial charge is 0.395 e. The summed E-state index contributed by atoms with van der Waals surface area (Å²) in [6.45, 7) is -0.618. The molecule has 2 nitrogen and oxygen atoms in total. The molecule has 116 valence electrons. The molecule has 1 rings (SSSR count). The van der Waals surface area contributed by atoms with Crippen molar-refractivity contribution in [3.8, 4) is 0 Å². The highest BCUT2D eigenvalue weighted by molar-refractivity contribution is 5.85. The summed E-state index contributed by atoms with van der Waals surface area (Å²) in [6, 6.07) is 0.113. The van der Waals surface area contributed by atoms with Crippen molar-refractivity contribution >= 4 is 12.4 Å². The molecule has 9 heteroatoms. The Morgan fingerprint density at radius 2 is 1.60 bits per heavy atom. The summed E-state index contributed by atoms with van der Waals surface area (Å²) in [5.41, 5.74) is 2.34. The molecule has 0 aliphatic carbocycles. The SMILES string of the molecule is Cl.NC(CO)Cc1cc(C(F)(F)F)ccc1C(F)(F)F. The number of hydrogen-bond acceptors (Lipinski definition) is 2. The van der Waals surface area contributed by atoms with Gasteiger partial charge >= 0.3 is 12.4 Å². The standard InChI is InChI=1S/C11H11F6NO.ClH/c12-10(13,14)7-1-2-9(11(15,16)17)6(3-7)4-8(18)5-19;/h1-3,8,19H,4-5,18H2;1H. The maximum atomic E-state index is 12.6. The monoisotopic (exact) mass is 323 g/mol. The number of rotatable bonds is 3. The number of alkyl halides is 6. The quantitative estimate of drug-likeness (QED) is 0.840. The van der Waals surface area contributed by atoms with Gasteiger partial charge < -0.3 is 10.8 Å². The van der Waals surface area contributed by atoms with Crippen LogP contribution in [0.4, 0.5) is 26.3 Å². The average Bonchev–Trinajstić information content (AvgIpc) is 2.26. The van der Waals surface area contributed by atoms with Gasteiger partial charge in [0.2, 0.25) is 0 Å². The van der Waals surface area contributed by atoms with Gasteiger partial charge in [0.05, 0.1) is 17.7 Å². The van der Waals surface area contributed by atoms with Crippen LogP contribution in [0.2, 0.25) is 0 Å². The van der Waals surface area contributed by atoms with Gasteiger partial charge in [0.25, 0.3) is 0 Å². The van der Waals surface area contributed by atoms with Crippen LogP contribution in [-0.2, 0) is 18.8 Å². The first kappa shape index (κ1) is 19.0. The Balaban J connectivity index is 0.00000361. The third kappa shape index (κ3) is 4.84. The Kier molecular flexibility index (Phi) is 6.31. The largest absolute Gasteiger partial charge is 0.416 e. The topological polar surface area (TPSA) is 46.2 Å². The zero-order valence-electron chi connectivity index (χ0n) is 9.92. The summed E-state index contributed by atoms with van der Waals surface area (Å²) in [4.78, 5) is 0. The second kappa shape index (κ2) is 6.64. The molecule has 0 spiro atoms. The van der Waals surface area contributed by atoms with Gasteiger partial charge in [-0.25, -0.2) is 0 Å². The van der Waals surface area contributed by atoms with Crippen LogP contribution in [-0.4, -0.2) is 17.8 Å². The fourth-order valence-electron chi connectivity index (χ4n) is 1.56. The van der Waals surface area contributed by atoms with E-state index in [0.717, 1.165) is 0 Å². The maximum Gasteiger partial charge on any atom is 0.416 e. The highest BCUT2D eigenvalue weighted by Crippen LogP contribution is 2.36. The van der Waals surface area contributed by atoms with Crippen LogP contribution >= 0.6 is 12.4 Å². The molecule has 0 radical (unpaired) electrons. The van der Waals surface area contributed by atoms with E-state index in [1.807, 2.05) is 0 Å². The van der Waals surface area contributed by atoms with Crippen molar-refractivity contribution in [1.29, 1.82) is 0 Å². The minimum Gasteiger partial charge on any atom is -0.395 e. The second-order valence-corrected chi connectivity index (χ2v) is 4.01. The molecule has 1 atom stereocenters. The van der Waals surface area contributed by atoms with E-state index in [2.05, 4.69) is 0 Å². The van der Waals surface area contributed by atoms with Crippen molar-refractivity contribution in [1.82, 2.24) is 0 Å². The minimum absolute atomic E-state index is 0. The van der Waals surface area contributed by atoms with Gasteiger partial charge in [-0.1, -0.05) is 0 Å². The Bertz CT molecular complexity index is 446. The highest BCUT2D eigenvalue weighted by atomic mass is 35.5. The fraction of sp³-hybridized carbons (Fsp3) is 0.455. The molecule has 20 heavy (non-hydrogen) atoms. The Labute approximate surface area is 117 Å². The zero-order valence-corrected chi connectivity index (χ0v) is 10.7. The summed E-state index contributed by atoms with van der Waals surface area (Å²) in [5, 5.41) is 8.69. The summed E-state index contributed by atoms with van der Waals surface area (Å²) in [7, 11) is 0. The minimum atomic E-state index is -4.77. The van der Waals surface area contributed by atoms with Crippen LogP contribution in [0.5, 0.6) is 0 Å². The number of benzene rings is 1. The molecule has 0 amide bonds. The van der Waals surface area contributed by atoms with Gasteiger partial charge in [-0.2, -0.15) is 26.3 Å². The van der Waals surface area contributed by atoms with Gasteiger partial charge in [-0.3, -0.25) is 0 Å². The first-order valence-electron chi connectivity index (χ1n) is 5.19. The lowest BCUT2D eigenvalue weighted by Crippen LogP contribution is -2.28. The third-order valence-electron chi connectivity index (χ3n) is 2.45. The van der Waals surface area contributed by atoms with Gasteiger partial charge in [-0.05, 0) is 30.2 Å². The lowest BCUT2D eigenvalue weighted by Gasteiger charge is -2.17. The normalized spacial score (nSPS) is 13.8. The van der Waals surface area contributed by atoms with Crippen LogP contribution in [0, 0.1) is 0 Å². The number of aliphatic hydroxyl groups is 1. The predicted molar refractivity (Wildman–Crippen MR) is 62.5 cm³/mol. The average molecular weight is 324 g/mol. The van der Waals surface area contributed by atoms with Gasteiger partial charge in [0, 0.05) is 6.04 Å². The van der Waals surface area contributed by atoms with E-state index in [1.54, 1.807) is 0 Å². The summed E-state index contributed by atoms with van der Waals surface area (Å²) >= 11 is 0. The number of aliphatic hydroxyl groups excluding tert-OH is 1. The van der Waals surface area contributed by atoms with Gasteiger partial charge in [0.15, 0.2) is 0 Å². The molecule has 0 bridgehead atoms. The van der Waals surface area contributed by atoms with E-state index < -0.39 is 48.1 Å². The van der Waals surface area contributed by atoms with Gasteiger partial charge in [0.1, 0.15) is 0 Å². The number of halogens is 7. The van der Waals surface area contributed by atoms with E-state index in [-0.39, 0.29) is 12.4 Å². The van der Waals surface area contributed by atoms with E-state index in [9.17, 15) is 26.3 Å². The zero-order chi connectivity index (χ0) is 14.8. The van der Waals surface area contributed by atoms with Crippen molar-refractivity contribution in [2.75, 3.05) is 6.61 Å². The summed E-state index contributed by atoms with van der Waals surface area (Å²) < 4.78 is 75.3. The van der Waals surface area contributed by atoms with Crippen LogP contribution in [0.25, 0.3) is 0 Å². The predicted octanol–water partition coefficient (Wildman–Crippen LogP) is 3.01. The maximum absolute atomic E-state index is 12.6. The first-order chi connectivity index (χ1) is 8.55. The van der Waals surface area contributed by atoms with Gasteiger partial charge in [-0.15, -0.1) is 12.4 Å². The Morgan fingerprint density at radius 3 is 2.00 bits per heavy atom. The van der Waals surface area contributed by atoms with Crippen LogP contribution in [0.1, 0.15) is 16.7 Å². The van der Waals surface area contributed by atoms with E-state index in [0.29, 0.717) is 18.2 Å². The molecule has 1 aromatic rings. The lowest BCUT2D eigenvalue weighted by molar-refractivity contribution is -0.141. The fourth-order valence-corrected chi connectivity index (χ4v) is 1.56. The molecule has 0 aromatic heterocycles. The molecular formula is C11H12ClF6NO. The first-order valence-corrected chi connectivity index (χ1v) is 5.19. The second-order valence-electron chi connectivity index (χ2n) is 4.01. The molecule has 0 aliphatic rings. The van der Waals surface area contributed by atoms with E-state index in [4.69, 9.17) is 10.8 Å². The molecule has 0 heterocycles. The molecule has 1 aromatic carbocycles. The molecule has 0 saturated heterocycles. The third-order valence-corrected chi connectivity index (χ3v) is 2.45. The number of hydrogen-bond donors (Lipinski definition) is 2. The van der Waals surface area contributed by atoms with Crippen molar-refractivity contribution in [3.63, 3.8) is 0 Å². The molecule has 0 saturated carbocycles. The van der Waals surface area contributed by atoms with E-state index >= 15 is 0 Å². The molecular weight excluding hydrogens is 312 g/mol. The molecule has 0 aliphatic heterocycles.